The van der Waals surface area contributed by atoms with Gasteiger partial charge in [0.2, 0.25) is 0 Å². The first-order chi connectivity index (χ1) is 4.29. The predicted molar refractivity (Wildman–Crippen MR) is 48.3 cm³/mol. The largest absolute Gasteiger partial charge is 0.231 e. The second-order valence-corrected chi connectivity index (χ2v) is 9.60. The molecule has 10 heavy (non-hydrogen) atoms. The van der Waals surface area contributed by atoms with Gasteiger partial charge in [-0.3, -0.25) is 0 Å². The van der Waals surface area contributed by atoms with Gasteiger partial charge >= 0.3 is 0 Å². The molecule has 0 amide bonds. The second-order valence-electron chi connectivity index (χ2n) is 3.20. The Balaban J connectivity index is 0. The molecule has 0 radical (unpaired) electrons. The molecular formula is C5H17NO2SSi. The first-order valence-electron chi connectivity index (χ1n) is 3.18. The van der Waals surface area contributed by atoms with Crippen molar-refractivity contribution in [3.05, 3.63) is 0 Å². The van der Waals surface area contributed by atoms with Gasteiger partial charge in [0, 0.05) is 8.07 Å². The van der Waals surface area contributed by atoms with Crippen LogP contribution in [0.3, 0.4) is 0 Å². The van der Waals surface area contributed by atoms with Crippen molar-refractivity contribution in [3.63, 3.8) is 0 Å². The highest BCUT2D eigenvalue weighted by atomic mass is 32.2. The average molecular weight is 183 g/mol. The first-order valence-corrected chi connectivity index (χ1v) is 8.14. The maximum Gasteiger partial charge on any atom is 0.198 e. The highest BCUT2D eigenvalue weighted by molar-refractivity contribution is 7.69. The van der Waals surface area contributed by atoms with E-state index < -0.39 is 19.0 Å². The Kier molecular flexibility index (Phi) is 7.51. The number of hydrogen-bond acceptors (Lipinski definition) is 2. The fourth-order valence-corrected chi connectivity index (χ4v) is 0. The van der Waals surface area contributed by atoms with E-state index in [4.69, 9.17) is 8.42 Å². The Bertz CT molecular complexity index is 131. The van der Waals surface area contributed by atoms with E-state index in [-0.39, 0.29) is 0 Å². The van der Waals surface area contributed by atoms with Crippen LogP contribution in [0.4, 0.5) is 0 Å². The van der Waals surface area contributed by atoms with Crippen molar-refractivity contribution < 1.29 is 8.42 Å². The van der Waals surface area contributed by atoms with Gasteiger partial charge in [-0.15, -0.1) is 0 Å². The van der Waals surface area contributed by atoms with E-state index in [9.17, 15) is 0 Å². The maximum absolute atomic E-state index is 8.81. The summed E-state index contributed by atoms with van der Waals surface area (Å²) in [5.74, 6) is 0. The van der Waals surface area contributed by atoms with Crippen LogP contribution in [-0.4, -0.2) is 16.5 Å². The molecule has 0 saturated heterocycles. The van der Waals surface area contributed by atoms with Crippen molar-refractivity contribution in [2.45, 2.75) is 32.6 Å². The van der Waals surface area contributed by atoms with Crippen molar-refractivity contribution in [1.82, 2.24) is 0 Å². The SMILES string of the molecule is CC[Si](C)(C)C.N[SH](=O)=O. The van der Waals surface area contributed by atoms with E-state index >= 15 is 0 Å². The van der Waals surface area contributed by atoms with E-state index in [1.54, 1.807) is 0 Å². The van der Waals surface area contributed by atoms with Crippen LogP contribution in [0.5, 0.6) is 0 Å². The van der Waals surface area contributed by atoms with Gasteiger partial charge in [0.15, 0.2) is 10.9 Å². The zero-order valence-electron chi connectivity index (χ0n) is 7.05. The third-order valence-electron chi connectivity index (χ3n) is 1.06. The lowest BCUT2D eigenvalue weighted by atomic mass is 11.0. The predicted octanol–water partition coefficient (Wildman–Crippen LogP) is 0.816. The quantitative estimate of drug-likeness (QED) is 0.467. The summed E-state index contributed by atoms with van der Waals surface area (Å²) in [7, 11) is -3.25. The molecule has 0 aromatic rings. The standard InChI is InChI=1S/C5H14Si.H3NO2S/c1-5-6(2,3)4;1-4(2)3/h5H2,1-4H3;4H,(H2,1,2,3). The van der Waals surface area contributed by atoms with Gasteiger partial charge in [0.1, 0.15) is 0 Å². The second kappa shape index (κ2) is 5.88. The average Bonchev–Trinajstić information content (AvgIpc) is 1.63. The molecule has 0 aliphatic carbocycles. The van der Waals surface area contributed by atoms with E-state index in [0.717, 1.165) is 0 Å². The molecule has 64 valence electrons. The van der Waals surface area contributed by atoms with Crippen LogP contribution in [0.1, 0.15) is 6.92 Å². The summed E-state index contributed by atoms with van der Waals surface area (Å²) < 4.78 is 17.6. The van der Waals surface area contributed by atoms with E-state index in [0.29, 0.717) is 0 Å². The van der Waals surface area contributed by atoms with Crippen molar-refractivity contribution in [3.8, 4) is 0 Å². The van der Waals surface area contributed by atoms with Gasteiger partial charge in [-0.25, -0.2) is 13.6 Å². The minimum atomic E-state index is -2.62. The zero-order valence-corrected chi connectivity index (χ0v) is 8.94. The molecule has 0 heterocycles. The molecule has 0 bridgehead atoms. The van der Waals surface area contributed by atoms with Crippen LogP contribution < -0.4 is 5.14 Å². The molecule has 0 aliphatic rings. The minimum absolute atomic E-state index is 0.631. The molecule has 0 aromatic carbocycles. The van der Waals surface area contributed by atoms with Crippen LogP contribution in [-0.2, 0) is 10.9 Å². The normalized spacial score (nSPS) is 10.6. The van der Waals surface area contributed by atoms with Gasteiger partial charge in [0.25, 0.3) is 0 Å². The molecule has 0 spiro atoms. The molecule has 5 heteroatoms. The smallest absolute Gasteiger partial charge is 0.198 e. The van der Waals surface area contributed by atoms with Crippen LogP contribution >= 0.6 is 0 Å². The van der Waals surface area contributed by atoms with E-state index in [1.807, 2.05) is 0 Å². The molecule has 0 atom stereocenters. The molecule has 0 unspecified atom stereocenters. The highest BCUT2D eigenvalue weighted by Gasteiger charge is 2.06. The summed E-state index contributed by atoms with van der Waals surface area (Å²) >= 11 is 0. The molecule has 2 N–H and O–H groups in total. The summed E-state index contributed by atoms with van der Waals surface area (Å²) in [6.45, 7) is 9.42. The molecule has 0 rings (SSSR count). The summed E-state index contributed by atoms with van der Waals surface area (Å²) in [4.78, 5) is 0. The summed E-state index contributed by atoms with van der Waals surface area (Å²) in [6.07, 6.45) is 0. The third-order valence-corrected chi connectivity index (χ3v) is 3.18. The van der Waals surface area contributed by atoms with Gasteiger partial charge in [0.05, 0.1) is 0 Å². The van der Waals surface area contributed by atoms with Crippen molar-refractivity contribution in [2.75, 3.05) is 0 Å². The Hall–Kier alpha value is 0.127. The molecule has 0 saturated carbocycles. The van der Waals surface area contributed by atoms with Gasteiger partial charge in [-0.2, -0.15) is 0 Å². The van der Waals surface area contributed by atoms with Gasteiger partial charge in [-0.05, 0) is 0 Å². The summed E-state index contributed by atoms with van der Waals surface area (Å²) in [5, 5.41) is 4.06. The lowest BCUT2D eigenvalue weighted by molar-refractivity contribution is 0.616. The van der Waals surface area contributed by atoms with Crippen LogP contribution in [0, 0.1) is 0 Å². The lowest BCUT2D eigenvalue weighted by Gasteiger charge is -2.09. The monoisotopic (exact) mass is 183 g/mol. The summed E-state index contributed by atoms with van der Waals surface area (Å²) in [5.41, 5.74) is 0. The third kappa shape index (κ3) is 42.2. The Morgan fingerprint density at radius 2 is 1.40 bits per heavy atom. The fraction of sp³-hybridized carbons (Fsp3) is 1.00. The summed E-state index contributed by atoms with van der Waals surface area (Å²) in [6, 6.07) is 1.41. The molecule has 0 aromatic heterocycles. The maximum atomic E-state index is 8.81. The first kappa shape index (κ1) is 12.8. The van der Waals surface area contributed by atoms with Gasteiger partial charge < -0.3 is 0 Å². The Morgan fingerprint density at radius 3 is 1.40 bits per heavy atom. The molecule has 3 nitrogen and oxygen atoms in total. The Labute approximate surface area is 65.7 Å². The number of rotatable bonds is 1. The number of hydrogen-bond donors (Lipinski definition) is 2. The zero-order chi connectivity index (χ0) is 8.78. The number of nitrogens with two attached hydrogens (primary N) is 1. The lowest BCUT2D eigenvalue weighted by Crippen LogP contribution is -2.16. The minimum Gasteiger partial charge on any atom is -0.231 e. The van der Waals surface area contributed by atoms with E-state index in [1.165, 1.54) is 6.04 Å². The highest BCUT2D eigenvalue weighted by Crippen LogP contribution is 2.04. The van der Waals surface area contributed by atoms with E-state index in [2.05, 4.69) is 31.7 Å². The van der Waals surface area contributed by atoms with Crippen molar-refractivity contribution >= 4 is 19.0 Å². The van der Waals surface area contributed by atoms with Crippen LogP contribution in [0.15, 0.2) is 0 Å². The van der Waals surface area contributed by atoms with Crippen LogP contribution in [0.2, 0.25) is 25.7 Å². The topological polar surface area (TPSA) is 60.2 Å². The molecule has 0 fully saturated rings. The molecular weight excluding hydrogens is 166 g/mol. The van der Waals surface area contributed by atoms with Crippen molar-refractivity contribution in [2.24, 2.45) is 5.14 Å². The number of thiol groups is 1. The molecule has 0 aliphatic heterocycles. The van der Waals surface area contributed by atoms with Gasteiger partial charge in [-0.1, -0.05) is 32.6 Å². The Morgan fingerprint density at radius 1 is 1.30 bits per heavy atom. The van der Waals surface area contributed by atoms with Crippen molar-refractivity contribution in [1.29, 1.82) is 0 Å². The fourth-order valence-electron chi connectivity index (χ4n) is 0. The van der Waals surface area contributed by atoms with Crippen LogP contribution in [0.25, 0.3) is 0 Å².